The summed E-state index contributed by atoms with van der Waals surface area (Å²) in [7, 11) is 0. The van der Waals surface area contributed by atoms with Crippen LogP contribution in [0.25, 0.3) is 11.0 Å². The van der Waals surface area contributed by atoms with E-state index in [1.54, 1.807) is 0 Å². The van der Waals surface area contributed by atoms with Crippen LogP contribution in [0.2, 0.25) is 0 Å². The van der Waals surface area contributed by atoms with Crippen molar-refractivity contribution in [1.29, 1.82) is 5.26 Å². The predicted molar refractivity (Wildman–Crippen MR) is 69.4 cm³/mol. The van der Waals surface area contributed by atoms with Gasteiger partial charge in [-0.1, -0.05) is 18.2 Å². The Hall–Kier alpha value is -1.83. The van der Waals surface area contributed by atoms with Crippen LogP contribution in [0.1, 0.15) is 23.8 Å². The summed E-state index contributed by atoms with van der Waals surface area (Å²) in [5, 5.41) is 21.0. The molecule has 1 aliphatic heterocycles. The molecular formula is C15H15NO3. The predicted octanol–water partition coefficient (Wildman–Crippen LogP) is 2.70. The first-order valence-electron chi connectivity index (χ1n) is 6.33. The number of ether oxygens (including phenoxy) is 1. The normalized spacial score (nSPS) is 24.5. The molecular weight excluding hydrogens is 242 g/mol. The Morgan fingerprint density at radius 2 is 2.21 bits per heavy atom. The SMILES string of the molecule is Cc1oc2ccccc2c1C(O)C1(C#N)CCOC1. The molecule has 19 heavy (non-hydrogen) atoms. The molecule has 0 aliphatic carbocycles. The van der Waals surface area contributed by atoms with Gasteiger partial charge >= 0.3 is 0 Å². The highest BCUT2D eigenvalue weighted by atomic mass is 16.5. The van der Waals surface area contributed by atoms with E-state index in [-0.39, 0.29) is 6.61 Å². The number of aryl methyl sites for hydroxylation is 1. The summed E-state index contributed by atoms with van der Waals surface area (Å²) < 4.78 is 11.0. The number of furan rings is 1. The summed E-state index contributed by atoms with van der Waals surface area (Å²) in [4.78, 5) is 0. The van der Waals surface area contributed by atoms with Crippen LogP contribution in [0.3, 0.4) is 0 Å². The van der Waals surface area contributed by atoms with Crippen LogP contribution in [0, 0.1) is 23.7 Å². The van der Waals surface area contributed by atoms with Crippen molar-refractivity contribution in [2.75, 3.05) is 13.2 Å². The minimum atomic E-state index is -0.886. The summed E-state index contributed by atoms with van der Waals surface area (Å²) in [6, 6.07) is 9.80. The van der Waals surface area contributed by atoms with Gasteiger partial charge in [-0.15, -0.1) is 0 Å². The quantitative estimate of drug-likeness (QED) is 0.898. The molecule has 98 valence electrons. The lowest BCUT2D eigenvalue weighted by molar-refractivity contribution is 0.0503. The molecule has 0 bridgehead atoms. The number of hydrogen-bond acceptors (Lipinski definition) is 4. The third kappa shape index (κ3) is 1.74. The van der Waals surface area contributed by atoms with Crippen LogP contribution in [-0.2, 0) is 4.74 Å². The van der Waals surface area contributed by atoms with Crippen molar-refractivity contribution in [2.45, 2.75) is 19.4 Å². The minimum absolute atomic E-state index is 0.267. The van der Waals surface area contributed by atoms with Crippen molar-refractivity contribution >= 4 is 11.0 Å². The first kappa shape index (κ1) is 12.2. The summed E-state index contributed by atoms with van der Waals surface area (Å²) in [5.74, 6) is 0.662. The molecule has 1 fully saturated rings. The van der Waals surface area contributed by atoms with E-state index < -0.39 is 11.5 Å². The van der Waals surface area contributed by atoms with E-state index in [1.165, 1.54) is 0 Å². The number of fused-ring (bicyclic) bond motifs is 1. The Labute approximate surface area is 111 Å². The van der Waals surface area contributed by atoms with Gasteiger partial charge in [-0.25, -0.2) is 0 Å². The lowest BCUT2D eigenvalue weighted by atomic mass is 9.79. The van der Waals surface area contributed by atoms with Gasteiger partial charge in [0.05, 0.1) is 12.7 Å². The minimum Gasteiger partial charge on any atom is -0.461 e. The fourth-order valence-electron chi connectivity index (χ4n) is 2.75. The largest absolute Gasteiger partial charge is 0.461 e. The third-order valence-electron chi connectivity index (χ3n) is 3.89. The van der Waals surface area contributed by atoms with E-state index >= 15 is 0 Å². The Morgan fingerprint density at radius 1 is 1.42 bits per heavy atom. The average molecular weight is 257 g/mol. The van der Waals surface area contributed by atoms with Crippen LogP contribution >= 0.6 is 0 Å². The highest BCUT2D eigenvalue weighted by Gasteiger charge is 2.44. The molecule has 4 heteroatoms. The number of hydrogen-bond donors (Lipinski definition) is 1. The number of nitrogens with zero attached hydrogens (tertiary/aromatic N) is 1. The molecule has 0 saturated carbocycles. The lowest BCUT2D eigenvalue weighted by Crippen LogP contribution is -2.28. The van der Waals surface area contributed by atoms with Gasteiger partial charge in [0.1, 0.15) is 22.9 Å². The first-order chi connectivity index (χ1) is 9.18. The number of nitriles is 1. The fourth-order valence-corrected chi connectivity index (χ4v) is 2.75. The van der Waals surface area contributed by atoms with Crippen molar-refractivity contribution < 1.29 is 14.3 Å². The molecule has 1 aliphatic rings. The molecule has 0 spiro atoms. The molecule has 1 aromatic carbocycles. The van der Waals surface area contributed by atoms with E-state index in [0.717, 1.165) is 11.0 Å². The molecule has 1 aromatic heterocycles. The third-order valence-corrected chi connectivity index (χ3v) is 3.89. The van der Waals surface area contributed by atoms with Gasteiger partial charge in [0, 0.05) is 17.6 Å². The van der Waals surface area contributed by atoms with E-state index in [0.29, 0.717) is 24.4 Å². The van der Waals surface area contributed by atoms with Gasteiger partial charge in [-0.2, -0.15) is 5.26 Å². The van der Waals surface area contributed by atoms with Crippen LogP contribution in [0.15, 0.2) is 28.7 Å². The number of aliphatic hydroxyl groups is 1. The molecule has 3 rings (SSSR count). The van der Waals surface area contributed by atoms with E-state index in [4.69, 9.17) is 9.15 Å². The molecule has 2 aromatic rings. The highest BCUT2D eigenvalue weighted by Crippen LogP contribution is 2.44. The highest BCUT2D eigenvalue weighted by molar-refractivity contribution is 5.82. The molecule has 1 saturated heterocycles. The summed E-state index contributed by atoms with van der Waals surface area (Å²) >= 11 is 0. The monoisotopic (exact) mass is 257 g/mol. The van der Waals surface area contributed by atoms with Gasteiger partial charge in [-0.05, 0) is 19.4 Å². The number of aliphatic hydroxyl groups excluding tert-OH is 1. The van der Waals surface area contributed by atoms with Gasteiger partial charge in [-0.3, -0.25) is 0 Å². The maximum atomic E-state index is 10.7. The Balaban J connectivity index is 2.14. The zero-order valence-corrected chi connectivity index (χ0v) is 10.7. The van der Waals surface area contributed by atoms with E-state index in [9.17, 15) is 10.4 Å². The zero-order valence-electron chi connectivity index (χ0n) is 10.7. The van der Waals surface area contributed by atoms with Gasteiger partial charge in [0.2, 0.25) is 0 Å². The summed E-state index contributed by atoms with van der Waals surface area (Å²) in [6.07, 6.45) is -0.340. The van der Waals surface area contributed by atoms with Crippen molar-refractivity contribution in [1.82, 2.24) is 0 Å². The average Bonchev–Trinajstić information content (AvgIpc) is 3.02. The second kappa shape index (κ2) is 4.37. The molecule has 2 heterocycles. The van der Waals surface area contributed by atoms with Crippen LogP contribution < -0.4 is 0 Å². The van der Waals surface area contributed by atoms with E-state index in [2.05, 4.69) is 6.07 Å². The smallest absolute Gasteiger partial charge is 0.134 e. The second-order valence-corrected chi connectivity index (χ2v) is 5.04. The van der Waals surface area contributed by atoms with Gasteiger partial charge in [0.25, 0.3) is 0 Å². The molecule has 2 unspecified atom stereocenters. The number of benzene rings is 1. The summed E-state index contributed by atoms with van der Waals surface area (Å²) in [6.45, 7) is 2.60. The van der Waals surface area contributed by atoms with Crippen molar-refractivity contribution in [2.24, 2.45) is 5.41 Å². The molecule has 1 N–H and O–H groups in total. The molecule has 4 nitrogen and oxygen atoms in total. The number of rotatable bonds is 2. The molecule has 0 radical (unpaired) electrons. The lowest BCUT2D eigenvalue weighted by Gasteiger charge is -2.25. The maximum absolute atomic E-state index is 10.7. The fraction of sp³-hybridized carbons (Fsp3) is 0.400. The zero-order chi connectivity index (χ0) is 13.5. The Kier molecular flexibility index (Phi) is 2.81. The van der Waals surface area contributed by atoms with Crippen molar-refractivity contribution in [3.05, 3.63) is 35.6 Å². The second-order valence-electron chi connectivity index (χ2n) is 5.04. The Bertz CT molecular complexity index is 647. The van der Waals surface area contributed by atoms with Crippen molar-refractivity contribution in [3.63, 3.8) is 0 Å². The van der Waals surface area contributed by atoms with Crippen LogP contribution in [0.4, 0.5) is 0 Å². The van der Waals surface area contributed by atoms with Crippen LogP contribution in [0.5, 0.6) is 0 Å². The van der Waals surface area contributed by atoms with Crippen molar-refractivity contribution in [3.8, 4) is 6.07 Å². The molecule has 0 amide bonds. The maximum Gasteiger partial charge on any atom is 0.134 e. The molecule has 2 atom stereocenters. The topological polar surface area (TPSA) is 66.4 Å². The van der Waals surface area contributed by atoms with Gasteiger partial charge < -0.3 is 14.3 Å². The van der Waals surface area contributed by atoms with Gasteiger partial charge in [0.15, 0.2) is 0 Å². The van der Waals surface area contributed by atoms with Crippen LogP contribution in [-0.4, -0.2) is 18.3 Å². The first-order valence-corrected chi connectivity index (χ1v) is 6.33. The number of para-hydroxylation sites is 1. The summed E-state index contributed by atoms with van der Waals surface area (Å²) in [5.41, 5.74) is 0.584. The Morgan fingerprint density at radius 3 is 2.89 bits per heavy atom. The standard InChI is InChI=1S/C15H15NO3/c1-10-13(11-4-2-3-5-12(11)19-10)14(17)15(8-16)6-7-18-9-15/h2-5,14,17H,6-7,9H2,1H3. The van der Waals surface area contributed by atoms with E-state index in [1.807, 2.05) is 31.2 Å².